The van der Waals surface area contributed by atoms with Crippen molar-refractivity contribution in [2.45, 2.75) is 17.4 Å². The van der Waals surface area contributed by atoms with Crippen molar-refractivity contribution in [2.24, 2.45) is 0 Å². The van der Waals surface area contributed by atoms with Crippen molar-refractivity contribution in [3.8, 4) is 0 Å². The van der Waals surface area contributed by atoms with E-state index >= 15 is 0 Å². The third-order valence-electron chi connectivity index (χ3n) is 3.38. The average molecular weight is 407 g/mol. The predicted molar refractivity (Wildman–Crippen MR) is 106 cm³/mol. The maximum Gasteiger partial charge on any atom is 0.317 e. The van der Waals surface area contributed by atoms with Gasteiger partial charge >= 0.3 is 5.97 Å². The zero-order valence-corrected chi connectivity index (χ0v) is 16.2. The number of thiazole rings is 1. The zero-order chi connectivity index (χ0) is 18.5. The Morgan fingerprint density at radius 1 is 1.23 bits per heavy atom. The number of benzene rings is 2. The van der Waals surface area contributed by atoms with Crippen LogP contribution in [0.25, 0.3) is 10.2 Å². The van der Waals surface area contributed by atoms with E-state index in [1.165, 1.54) is 30.0 Å². The Morgan fingerprint density at radius 3 is 2.69 bits per heavy atom. The molecule has 0 aliphatic carbocycles. The van der Waals surface area contributed by atoms with Crippen LogP contribution in [0.15, 0.2) is 52.9 Å². The third-order valence-corrected chi connectivity index (χ3v) is 5.78. The molecule has 1 heterocycles. The van der Waals surface area contributed by atoms with Crippen molar-refractivity contribution in [1.29, 1.82) is 0 Å². The van der Waals surface area contributed by atoms with Crippen molar-refractivity contribution < 1.29 is 14.3 Å². The molecule has 0 aliphatic heterocycles. The Bertz CT molecular complexity index is 895. The highest BCUT2D eigenvalue weighted by Gasteiger charge is 2.18. The summed E-state index contributed by atoms with van der Waals surface area (Å²) in [7, 11) is 0. The SMILES string of the molecule is C[C@@H](OC(=O)CSc1nc2ccccc2s1)C(=O)Nc1ccc(Cl)cc1. The molecule has 0 saturated heterocycles. The smallest absolute Gasteiger partial charge is 0.317 e. The topological polar surface area (TPSA) is 68.3 Å². The molecule has 2 aromatic carbocycles. The Hall–Kier alpha value is -2.09. The number of para-hydroxylation sites is 1. The molecule has 1 amide bonds. The monoisotopic (exact) mass is 406 g/mol. The van der Waals surface area contributed by atoms with Gasteiger partial charge in [0.05, 0.1) is 16.0 Å². The van der Waals surface area contributed by atoms with Gasteiger partial charge < -0.3 is 10.1 Å². The standard InChI is InChI=1S/C18H15ClN2O3S2/c1-11(17(23)20-13-8-6-12(19)7-9-13)24-16(22)10-25-18-21-14-4-2-3-5-15(14)26-18/h2-9,11H,10H2,1H3,(H,20,23)/t11-/m1/s1. The van der Waals surface area contributed by atoms with E-state index in [-0.39, 0.29) is 5.75 Å². The Labute approximate surface area is 163 Å². The quantitative estimate of drug-likeness (QED) is 0.478. The summed E-state index contributed by atoms with van der Waals surface area (Å²) in [5.74, 6) is -0.767. The number of aromatic nitrogens is 1. The minimum absolute atomic E-state index is 0.0956. The lowest BCUT2D eigenvalue weighted by atomic mass is 10.3. The molecule has 0 bridgehead atoms. The number of nitrogens with one attached hydrogen (secondary N) is 1. The molecule has 0 radical (unpaired) electrons. The summed E-state index contributed by atoms with van der Waals surface area (Å²) in [4.78, 5) is 28.5. The average Bonchev–Trinajstić information content (AvgIpc) is 3.05. The van der Waals surface area contributed by atoms with Gasteiger partial charge in [-0.25, -0.2) is 4.98 Å². The molecule has 1 atom stereocenters. The first kappa shape index (κ1) is 18.7. The molecule has 8 heteroatoms. The van der Waals surface area contributed by atoms with E-state index in [0.717, 1.165) is 14.6 Å². The third kappa shape index (κ3) is 4.97. The molecular formula is C18H15ClN2O3S2. The van der Waals surface area contributed by atoms with Gasteiger partial charge in [0.25, 0.3) is 5.91 Å². The number of rotatable bonds is 6. The molecule has 0 spiro atoms. The van der Waals surface area contributed by atoms with Crippen LogP contribution in [0.3, 0.4) is 0 Å². The van der Waals surface area contributed by atoms with Crippen molar-refractivity contribution in [3.05, 3.63) is 53.6 Å². The molecule has 134 valence electrons. The molecule has 1 N–H and O–H groups in total. The minimum Gasteiger partial charge on any atom is -0.452 e. The van der Waals surface area contributed by atoms with Gasteiger partial charge in [0, 0.05) is 10.7 Å². The second-order valence-electron chi connectivity index (χ2n) is 5.36. The Kier molecular flexibility index (Phi) is 6.13. The summed E-state index contributed by atoms with van der Waals surface area (Å²) in [5, 5.41) is 3.25. The number of amides is 1. The van der Waals surface area contributed by atoms with Crippen molar-refractivity contribution >= 4 is 62.5 Å². The van der Waals surface area contributed by atoms with E-state index in [9.17, 15) is 9.59 Å². The first-order chi connectivity index (χ1) is 12.5. The first-order valence-electron chi connectivity index (χ1n) is 7.75. The van der Waals surface area contributed by atoms with Crippen LogP contribution in [-0.2, 0) is 14.3 Å². The minimum atomic E-state index is -0.894. The van der Waals surface area contributed by atoms with Gasteiger partial charge in [0.1, 0.15) is 0 Å². The van der Waals surface area contributed by atoms with Gasteiger partial charge in [-0.3, -0.25) is 9.59 Å². The lowest BCUT2D eigenvalue weighted by Crippen LogP contribution is -2.30. The Balaban J connectivity index is 1.48. The zero-order valence-electron chi connectivity index (χ0n) is 13.8. The second-order valence-corrected chi connectivity index (χ2v) is 8.05. The van der Waals surface area contributed by atoms with E-state index in [2.05, 4.69) is 10.3 Å². The number of hydrogen-bond donors (Lipinski definition) is 1. The summed E-state index contributed by atoms with van der Waals surface area (Å²) in [6.07, 6.45) is -0.894. The fourth-order valence-corrected chi connectivity index (χ4v) is 4.07. The van der Waals surface area contributed by atoms with Gasteiger partial charge in [-0.2, -0.15) is 0 Å². The number of ether oxygens (including phenoxy) is 1. The number of nitrogens with zero attached hydrogens (tertiary/aromatic N) is 1. The molecular weight excluding hydrogens is 392 g/mol. The molecule has 3 aromatic rings. The van der Waals surface area contributed by atoms with Gasteiger partial charge in [0.15, 0.2) is 10.4 Å². The lowest BCUT2D eigenvalue weighted by molar-refractivity contribution is -0.150. The number of fused-ring (bicyclic) bond motifs is 1. The van der Waals surface area contributed by atoms with Crippen LogP contribution in [0.1, 0.15) is 6.92 Å². The summed E-state index contributed by atoms with van der Waals surface area (Å²) in [6, 6.07) is 14.5. The van der Waals surface area contributed by atoms with Crippen molar-refractivity contribution in [3.63, 3.8) is 0 Å². The van der Waals surface area contributed by atoms with E-state index < -0.39 is 18.0 Å². The largest absolute Gasteiger partial charge is 0.452 e. The fourth-order valence-electron chi connectivity index (χ4n) is 2.10. The molecule has 5 nitrogen and oxygen atoms in total. The van der Waals surface area contributed by atoms with Crippen LogP contribution in [0.4, 0.5) is 5.69 Å². The molecule has 3 rings (SSSR count). The molecule has 0 unspecified atom stereocenters. The number of anilines is 1. The van der Waals surface area contributed by atoms with Crippen LogP contribution in [-0.4, -0.2) is 28.7 Å². The number of esters is 1. The van der Waals surface area contributed by atoms with Crippen LogP contribution < -0.4 is 5.32 Å². The van der Waals surface area contributed by atoms with E-state index in [4.69, 9.17) is 16.3 Å². The number of hydrogen-bond acceptors (Lipinski definition) is 6. The summed E-state index contributed by atoms with van der Waals surface area (Å²) >= 11 is 8.62. The normalized spacial score (nSPS) is 11.9. The maximum absolute atomic E-state index is 12.1. The van der Waals surface area contributed by atoms with E-state index in [0.29, 0.717) is 10.7 Å². The van der Waals surface area contributed by atoms with Gasteiger partial charge in [-0.15, -0.1) is 11.3 Å². The highest BCUT2D eigenvalue weighted by Crippen LogP contribution is 2.29. The van der Waals surface area contributed by atoms with Crippen molar-refractivity contribution in [1.82, 2.24) is 4.98 Å². The van der Waals surface area contributed by atoms with Gasteiger partial charge in [-0.1, -0.05) is 35.5 Å². The van der Waals surface area contributed by atoms with Crippen molar-refractivity contribution in [2.75, 3.05) is 11.1 Å². The first-order valence-corrected chi connectivity index (χ1v) is 9.93. The maximum atomic E-state index is 12.1. The highest BCUT2D eigenvalue weighted by atomic mass is 35.5. The Morgan fingerprint density at radius 2 is 1.96 bits per heavy atom. The summed E-state index contributed by atoms with van der Waals surface area (Å²) in [5.41, 5.74) is 1.50. The predicted octanol–water partition coefficient (Wildman–Crippen LogP) is 4.61. The molecule has 0 fully saturated rings. The van der Waals surface area contributed by atoms with E-state index in [1.807, 2.05) is 24.3 Å². The number of carbonyl (C=O) groups is 2. The molecule has 0 saturated carbocycles. The number of thioether (sulfide) groups is 1. The summed E-state index contributed by atoms with van der Waals surface area (Å²) in [6.45, 7) is 1.53. The second kappa shape index (κ2) is 8.53. The molecule has 0 aliphatic rings. The van der Waals surface area contributed by atoms with Crippen LogP contribution >= 0.6 is 34.7 Å². The van der Waals surface area contributed by atoms with Crippen LogP contribution in [0.2, 0.25) is 5.02 Å². The highest BCUT2D eigenvalue weighted by molar-refractivity contribution is 8.01. The van der Waals surface area contributed by atoms with E-state index in [1.54, 1.807) is 24.3 Å². The van der Waals surface area contributed by atoms with Gasteiger partial charge in [-0.05, 0) is 43.3 Å². The number of halogens is 1. The molecule has 26 heavy (non-hydrogen) atoms. The summed E-state index contributed by atoms with van der Waals surface area (Å²) < 4.78 is 7.04. The number of carbonyl (C=O) groups excluding carboxylic acids is 2. The molecule has 1 aromatic heterocycles. The van der Waals surface area contributed by atoms with Gasteiger partial charge in [0.2, 0.25) is 0 Å². The van der Waals surface area contributed by atoms with Crippen LogP contribution in [0, 0.1) is 0 Å². The lowest BCUT2D eigenvalue weighted by Gasteiger charge is -2.13. The van der Waals surface area contributed by atoms with Crippen LogP contribution in [0.5, 0.6) is 0 Å². The fraction of sp³-hybridized carbons (Fsp3) is 0.167.